The predicted molar refractivity (Wildman–Crippen MR) is 78.6 cm³/mol. The lowest BCUT2D eigenvalue weighted by Gasteiger charge is -2.58. The van der Waals surface area contributed by atoms with E-state index in [-0.39, 0.29) is 0 Å². The molecule has 0 unspecified atom stereocenters. The smallest absolute Gasteiger partial charge is 0.0617 e. The van der Waals surface area contributed by atoms with Gasteiger partial charge in [0, 0.05) is 9.52 Å². The molecule has 2 radical (unpaired) electrons. The van der Waals surface area contributed by atoms with Crippen LogP contribution in [0.15, 0.2) is 50.6 Å². The number of hydrogen-bond acceptors (Lipinski definition) is 0. The Labute approximate surface area is 104 Å². The molecule has 0 aromatic heterocycles. The average Bonchev–Trinajstić information content (AvgIpc) is 2.27. The molecule has 1 saturated heterocycles. The van der Waals surface area contributed by atoms with Crippen LogP contribution in [0.1, 0.15) is 12.8 Å². The molecule has 0 N–H and O–H groups in total. The molecule has 1 heterocycles. The van der Waals surface area contributed by atoms with Crippen LogP contribution in [-0.4, -0.2) is 17.6 Å². The summed E-state index contributed by atoms with van der Waals surface area (Å²) in [6, 6.07) is 2.46. The Morgan fingerprint density at radius 1 is 0.938 bits per heavy atom. The number of hydrogen-bond donors (Lipinski definition) is 0. The van der Waals surface area contributed by atoms with Crippen molar-refractivity contribution in [3.8, 4) is 0 Å². The van der Waals surface area contributed by atoms with Gasteiger partial charge in [0.25, 0.3) is 0 Å². The minimum Gasteiger partial charge on any atom is -0.103 e. The highest BCUT2D eigenvalue weighted by Gasteiger charge is 2.57. The first-order valence-electron chi connectivity index (χ1n) is 5.89. The molecule has 0 amide bonds. The lowest BCUT2D eigenvalue weighted by atomic mass is 10.2. The third-order valence-corrected chi connectivity index (χ3v) is 15.0. The van der Waals surface area contributed by atoms with Gasteiger partial charge < -0.3 is 0 Å². The van der Waals surface area contributed by atoms with Crippen LogP contribution in [0.25, 0.3) is 0 Å². The van der Waals surface area contributed by atoms with Gasteiger partial charge in [-0.3, -0.25) is 0 Å². The summed E-state index contributed by atoms with van der Waals surface area (Å²) in [7, 11) is -0.140. The maximum atomic E-state index is 3.95. The van der Waals surface area contributed by atoms with Crippen molar-refractivity contribution in [3.63, 3.8) is 0 Å². The molecule has 0 aliphatic carbocycles. The number of allylic oxidation sites excluding steroid dienone is 4. The van der Waals surface area contributed by atoms with E-state index in [1.54, 1.807) is 0 Å². The van der Waals surface area contributed by atoms with Gasteiger partial charge in [-0.25, -0.2) is 0 Å². The average molecular weight is 247 g/mol. The zero-order valence-electron chi connectivity index (χ0n) is 10.2. The topological polar surface area (TPSA) is 0 Å². The van der Waals surface area contributed by atoms with E-state index in [4.69, 9.17) is 0 Å². The van der Waals surface area contributed by atoms with E-state index in [0.29, 0.717) is 4.66 Å². The third kappa shape index (κ3) is 2.09. The Hall–Kier alpha value is -0.606. The molecule has 1 aliphatic rings. The summed E-state index contributed by atoms with van der Waals surface area (Å²) in [5.41, 5.74) is 1.45. The van der Waals surface area contributed by atoms with Crippen LogP contribution in [-0.2, 0) is 0 Å². The van der Waals surface area contributed by atoms with Gasteiger partial charge in [-0.1, -0.05) is 30.0 Å². The Kier molecular flexibility index (Phi) is 4.75. The summed E-state index contributed by atoms with van der Waals surface area (Å²) in [6.07, 6.45) is 10.8. The first-order chi connectivity index (χ1) is 7.70. The summed E-state index contributed by atoms with van der Waals surface area (Å²) < 4.78 is 0.527. The highest BCUT2D eigenvalue weighted by molar-refractivity contribution is 7.04. The SMILES string of the molecule is C=CCC1(CC=C)[Si]C[Si]1(CC=C)CC=C. The fourth-order valence-electron chi connectivity index (χ4n) is 2.91. The van der Waals surface area contributed by atoms with Crippen molar-refractivity contribution < 1.29 is 0 Å². The molecule has 0 aromatic carbocycles. The normalized spacial score (nSPS) is 20.5. The standard InChI is InChI=1S/C14H22Si2/c1-5-9-14(10-6-2)15-13-16(14,11-7-3)12-8-4/h5-8H,1-4,9-13H2. The molecule has 0 aromatic rings. The molecule has 2 heteroatoms. The Balaban J connectivity index is 2.96. The number of rotatable bonds is 8. The molecular weight excluding hydrogens is 224 g/mol. The fourth-order valence-corrected chi connectivity index (χ4v) is 13.2. The highest BCUT2D eigenvalue weighted by atomic mass is 28.4. The Morgan fingerprint density at radius 3 is 1.69 bits per heavy atom. The molecule has 0 bridgehead atoms. The second-order valence-electron chi connectivity index (χ2n) is 4.69. The summed E-state index contributed by atoms with van der Waals surface area (Å²) >= 11 is 0. The molecule has 1 fully saturated rings. The van der Waals surface area contributed by atoms with Crippen molar-refractivity contribution in [2.24, 2.45) is 0 Å². The van der Waals surface area contributed by atoms with Crippen LogP contribution < -0.4 is 0 Å². The Bertz CT molecular complexity index is 241. The largest absolute Gasteiger partial charge is 0.103 e. The van der Waals surface area contributed by atoms with E-state index < -0.39 is 8.07 Å². The second-order valence-corrected chi connectivity index (χ2v) is 12.2. The first kappa shape index (κ1) is 13.5. The summed E-state index contributed by atoms with van der Waals surface area (Å²) in [5.74, 6) is 0. The van der Waals surface area contributed by atoms with Crippen LogP contribution in [0.5, 0.6) is 0 Å². The molecule has 0 spiro atoms. The van der Waals surface area contributed by atoms with Crippen molar-refractivity contribution in [2.45, 2.75) is 35.3 Å². The molecule has 86 valence electrons. The quantitative estimate of drug-likeness (QED) is 0.442. The lowest BCUT2D eigenvalue weighted by Crippen LogP contribution is -2.60. The van der Waals surface area contributed by atoms with Gasteiger partial charge in [0.05, 0.1) is 8.07 Å². The van der Waals surface area contributed by atoms with Gasteiger partial charge in [0.1, 0.15) is 0 Å². The molecule has 1 aliphatic heterocycles. The maximum Gasteiger partial charge on any atom is 0.0617 e. The van der Waals surface area contributed by atoms with E-state index in [0.717, 1.165) is 22.4 Å². The predicted octanol–water partition coefficient (Wildman–Crippen LogP) is 4.33. The van der Waals surface area contributed by atoms with E-state index in [1.165, 1.54) is 17.8 Å². The molecule has 0 atom stereocenters. The van der Waals surface area contributed by atoms with Crippen molar-refractivity contribution >= 4 is 17.6 Å². The van der Waals surface area contributed by atoms with Crippen LogP contribution in [0.4, 0.5) is 0 Å². The molecule has 1 rings (SSSR count). The first-order valence-corrected chi connectivity index (χ1v) is 9.72. The summed E-state index contributed by atoms with van der Waals surface area (Å²) in [5, 5.41) is 0. The van der Waals surface area contributed by atoms with Crippen molar-refractivity contribution in [2.75, 3.05) is 0 Å². The van der Waals surface area contributed by atoms with Crippen LogP contribution >= 0.6 is 0 Å². The van der Waals surface area contributed by atoms with E-state index in [1.807, 2.05) is 0 Å². The van der Waals surface area contributed by atoms with Crippen LogP contribution in [0.3, 0.4) is 0 Å². The van der Waals surface area contributed by atoms with Gasteiger partial charge in [-0.2, -0.15) is 0 Å². The van der Waals surface area contributed by atoms with Gasteiger partial charge in [0.15, 0.2) is 0 Å². The lowest BCUT2D eigenvalue weighted by molar-refractivity contribution is 0.697. The van der Waals surface area contributed by atoms with Crippen molar-refractivity contribution in [3.05, 3.63) is 50.6 Å². The van der Waals surface area contributed by atoms with Gasteiger partial charge in [-0.05, 0) is 29.6 Å². The monoisotopic (exact) mass is 246 g/mol. The van der Waals surface area contributed by atoms with E-state index in [2.05, 4.69) is 50.6 Å². The van der Waals surface area contributed by atoms with Gasteiger partial charge in [0.2, 0.25) is 0 Å². The minimum absolute atomic E-state index is 0.527. The highest BCUT2D eigenvalue weighted by Crippen LogP contribution is 2.58. The van der Waals surface area contributed by atoms with Crippen LogP contribution in [0.2, 0.25) is 22.4 Å². The van der Waals surface area contributed by atoms with Gasteiger partial charge in [-0.15, -0.1) is 26.3 Å². The minimum atomic E-state index is -1.23. The zero-order chi connectivity index (χ0) is 12.1. The summed E-state index contributed by atoms with van der Waals surface area (Å²) in [4.78, 5) is 0. The van der Waals surface area contributed by atoms with Crippen LogP contribution in [0, 0.1) is 0 Å². The zero-order valence-corrected chi connectivity index (χ0v) is 12.2. The summed E-state index contributed by atoms with van der Waals surface area (Å²) in [6.45, 7) is 15.8. The molecule has 16 heavy (non-hydrogen) atoms. The second kappa shape index (κ2) is 5.64. The van der Waals surface area contributed by atoms with E-state index >= 15 is 0 Å². The van der Waals surface area contributed by atoms with Crippen molar-refractivity contribution in [1.82, 2.24) is 0 Å². The molecule has 0 nitrogen and oxygen atoms in total. The molecular formula is C14H22Si2. The van der Waals surface area contributed by atoms with Crippen molar-refractivity contribution in [1.29, 1.82) is 0 Å². The molecule has 0 saturated carbocycles. The van der Waals surface area contributed by atoms with E-state index in [9.17, 15) is 0 Å². The van der Waals surface area contributed by atoms with Gasteiger partial charge >= 0.3 is 0 Å². The third-order valence-electron chi connectivity index (χ3n) is 3.84. The fraction of sp³-hybridized carbons (Fsp3) is 0.429. The Morgan fingerprint density at radius 2 is 1.44 bits per heavy atom. The maximum absolute atomic E-state index is 3.95.